The number of hydrogen-bond donors (Lipinski definition) is 2. The van der Waals surface area contributed by atoms with Crippen molar-refractivity contribution in [3.8, 4) is 0 Å². The topological polar surface area (TPSA) is 78.5 Å². The van der Waals surface area contributed by atoms with Gasteiger partial charge in [-0.15, -0.1) is 0 Å². The van der Waals surface area contributed by atoms with E-state index in [0.717, 1.165) is 14.0 Å². The van der Waals surface area contributed by atoms with Crippen LogP contribution in [-0.4, -0.2) is 29.3 Å². The molecule has 6 nitrogen and oxygen atoms in total. The molecule has 0 spiro atoms. The number of hydrogen-bond acceptors (Lipinski definition) is 3. The number of halogens is 1. The van der Waals surface area contributed by atoms with E-state index in [9.17, 15) is 14.4 Å². The Morgan fingerprint density at radius 3 is 2.50 bits per heavy atom. The Bertz CT molecular complexity index is 901. The molecule has 2 N–H and O–H groups in total. The lowest BCUT2D eigenvalue weighted by molar-refractivity contribution is -0.134. The molecule has 2 aromatic rings. The van der Waals surface area contributed by atoms with Crippen molar-refractivity contribution < 1.29 is 14.4 Å². The Labute approximate surface area is 177 Å². The number of urea groups is 1. The highest BCUT2D eigenvalue weighted by atomic mass is 127. The molecule has 1 unspecified atom stereocenters. The molecule has 0 aromatic heterocycles. The third-order valence-corrected chi connectivity index (χ3v) is 5.24. The largest absolute Gasteiger partial charge is 0.325 e. The Morgan fingerprint density at radius 1 is 1.14 bits per heavy atom. The van der Waals surface area contributed by atoms with Gasteiger partial charge < -0.3 is 10.6 Å². The fourth-order valence-corrected chi connectivity index (χ4v) is 4.01. The van der Waals surface area contributed by atoms with Crippen molar-refractivity contribution in [2.75, 3.05) is 11.9 Å². The molecule has 1 fully saturated rings. The summed E-state index contributed by atoms with van der Waals surface area (Å²) in [5.74, 6) is -0.640. The standard InChI is InChI=1S/C21H22IN3O3/c1-14(2)12-21(15-7-4-3-5-8-15)19(27)25(20(28)24-21)13-18(26)23-17-10-6-9-16(22)11-17/h3-11,14H,12-13H2,1-2H3,(H,23,26)(H,24,28). The molecule has 3 rings (SSSR count). The van der Waals surface area contributed by atoms with E-state index in [2.05, 4.69) is 33.2 Å². The second-order valence-electron chi connectivity index (χ2n) is 7.25. The summed E-state index contributed by atoms with van der Waals surface area (Å²) in [6.07, 6.45) is 0.455. The van der Waals surface area contributed by atoms with Gasteiger partial charge in [0.15, 0.2) is 0 Å². The first-order chi connectivity index (χ1) is 13.3. The van der Waals surface area contributed by atoms with Crippen LogP contribution in [0.15, 0.2) is 54.6 Å². The van der Waals surface area contributed by atoms with Gasteiger partial charge in [0.1, 0.15) is 12.1 Å². The first kappa shape index (κ1) is 20.3. The molecule has 2 aromatic carbocycles. The van der Waals surface area contributed by atoms with Crippen molar-refractivity contribution in [1.82, 2.24) is 10.2 Å². The SMILES string of the molecule is CC(C)CC1(c2ccccc2)NC(=O)N(CC(=O)Nc2cccc(I)c2)C1=O. The number of amides is 4. The predicted octanol–water partition coefficient (Wildman–Crippen LogP) is 3.72. The number of nitrogens with zero attached hydrogens (tertiary/aromatic N) is 1. The number of carbonyl (C=O) groups is 3. The Balaban J connectivity index is 1.82. The fourth-order valence-electron chi connectivity index (χ4n) is 3.47. The minimum Gasteiger partial charge on any atom is -0.324 e. The molecular formula is C21H22IN3O3. The van der Waals surface area contributed by atoms with Crippen molar-refractivity contribution in [2.24, 2.45) is 5.92 Å². The number of rotatable bonds is 6. The average Bonchev–Trinajstić information content (AvgIpc) is 2.87. The highest BCUT2D eigenvalue weighted by Gasteiger charge is 2.52. The van der Waals surface area contributed by atoms with Crippen molar-refractivity contribution in [2.45, 2.75) is 25.8 Å². The van der Waals surface area contributed by atoms with E-state index >= 15 is 0 Å². The smallest absolute Gasteiger partial charge is 0.324 e. The van der Waals surface area contributed by atoms with Gasteiger partial charge in [0.25, 0.3) is 5.91 Å². The van der Waals surface area contributed by atoms with E-state index in [4.69, 9.17) is 0 Å². The van der Waals surface area contributed by atoms with Gasteiger partial charge in [0.2, 0.25) is 5.91 Å². The van der Waals surface area contributed by atoms with Gasteiger partial charge in [0, 0.05) is 9.26 Å². The molecular weight excluding hydrogens is 469 g/mol. The zero-order valence-electron chi connectivity index (χ0n) is 15.7. The third kappa shape index (κ3) is 4.19. The number of benzene rings is 2. The molecule has 1 heterocycles. The minimum absolute atomic E-state index is 0.171. The van der Waals surface area contributed by atoms with Gasteiger partial charge in [-0.25, -0.2) is 4.79 Å². The first-order valence-corrected chi connectivity index (χ1v) is 10.1. The van der Waals surface area contributed by atoms with Crippen molar-refractivity contribution in [1.29, 1.82) is 0 Å². The summed E-state index contributed by atoms with van der Waals surface area (Å²) in [4.78, 5) is 39.3. The molecule has 1 saturated heterocycles. The van der Waals surface area contributed by atoms with Crippen LogP contribution in [0.1, 0.15) is 25.8 Å². The summed E-state index contributed by atoms with van der Waals surface area (Å²) in [5.41, 5.74) is 0.206. The van der Waals surface area contributed by atoms with Crippen molar-refractivity contribution in [3.63, 3.8) is 0 Å². The molecule has 1 aliphatic rings. The van der Waals surface area contributed by atoms with Gasteiger partial charge >= 0.3 is 6.03 Å². The number of carbonyl (C=O) groups excluding carboxylic acids is 3. The quantitative estimate of drug-likeness (QED) is 0.478. The maximum absolute atomic E-state index is 13.3. The van der Waals surface area contributed by atoms with Crippen LogP contribution < -0.4 is 10.6 Å². The van der Waals surface area contributed by atoms with Crippen LogP contribution in [-0.2, 0) is 15.1 Å². The predicted molar refractivity (Wildman–Crippen MR) is 116 cm³/mol. The molecule has 0 saturated carbocycles. The molecule has 0 aliphatic carbocycles. The third-order valence-electron chi connectivity index (χ3n) is 4.57. The summed E-state index contributed by atoms with van der Waals surface area (Å²) < 4.78 is 0.977. The van der Waals surface area contributed by atoms with Gasteiger partial charge in [-0.1, -0.05) is 50.2 Å². The number of anilines is 1. The molecule has 1 aliphatic heterocycles. The van der Waals surface area contributed by atoms with Crippen LogP contribution in [0.25, 0.3) is 0 Å². The van der Waals surface area contributed by atoms with Gasteiger partial charge in [-0.05, 0) is 58.7 Å². The van der Waals surface area contributed by atoms with Crippen LogP contribution in [0.5, 0.6) is 0 Å². The molecule has 28 heavy (non-hydrogen) atoms. The Hall–Kier alpha value is -2.42. The lowest BCUT2D eigenvalue weighted by Crippen LogP contribution is -2.45. The second-order valence-corrected chi connectivity index (χ2v) is 8.49. The molecule has 4 amide bonds. The van der Waals surface area contributed by atoms with Gasteiger partial charge in [-0.3, -0.25) is 14.5 Å². The van der Waals surface area contributed by atoms with Gasteiger partial charge in [0.05, 0.1) is 0 Å². The lowest BCUT2D eigenvalue weighted by atomic mass is 9.82. The Kier molecular flexibility index (Phi) is 6.02. The van der Waals surface area contributed by atoms with Crippen LogP contribution in [0.3, 0.4) is 0 Å². The maximum atomic E-state index is 13.3. The lowest BCUT2D eigenvalue weighted by Gasteiger charge is -2.29. The fraction of sp³-hybridized carbons (Fsp3) is 0.286. The van der Waals surface area contributed by atoms with Crippen LogP contribution >= 0.6 is 22.6 Å². The summed E-state index contributed by atoms with van der Waals surface area (Å²) in [7, 11) is 0. The van der Waals surface area contributed by atoms with Crippen molar-refractivity contribution in [3.05, 3.63) is 63.7 Å². The molecule has 0 bridgehead atoms. The number of imide groups is 1. The summed E-state index contributed by atoms with van der Waals surface area (Å²) in [5, 5.41) is 5.59. The van der Waals surface area contributed by atoms with E-state index in [1.807, 2.05) is 62.4 Å². The Morgan fingerprint density at radius 2 is 1.86 bits per heavy atom. The average molecular weight is 491 g/mol. The summed E-state index contributed by atoms with van der Waals surface area (Å²) >= 11 is 2.15. The van der Waals surface area contributed by atoms with E-state index < -0.39 is 23.4 Å². The highest BCUT2D eigenvalue weighted by molar-refractivity contribution is 14.1. The van der Waals surface area contributed by atoms with E-state index in [1.165, 1.54) is 0 Å². The van der Waals surface area contributed by atoms with Crippen molar-refractivity contribution >= 4 is 46.1 Å². The number of nitrogens with one attached hydrogen (secondary N) is 2. The van der Waals surface area contributed by atoms with Crippen LogP contribution in [0.2, 0.25) is 0 Å². The molecule has 7 heteroatoms. The van der Waals surface area contributed by atoms with E-state index in [-0.39, 0.29) is 12.5 Å². The van der Waals surface area contributed by atoms with Gasteiger partial charge in [-0.2, -0.15) is 0 Å². The van der Waals surface area contributed by atoms with E-state index in [0.29, 0.717) is 12.1 Å². The van der Waals surface area contributed by atoms with Crippen LogP contribution in [0, 0.1) is 9.49 Å². The summed E-state index contributed by atoms with van der Waals surface area (Å²) in [6.45, 7) is 3.66. The minimum atomic E-state index is -1.14. The first-order valence-electron chi connectivity index (χ1n) is 9.07. The molecule has 1 atom stereocenters. The van der Waals surface area contributed by atoms with E-state index in [1.54, 1.807) is 6.07 Å². The monoisotopic (exact) mass is 491 g/mol. The second kappa shape index (κ2) is 8.30. The van der Waals surface area contributed by atoms with Crippen LogP contribution in [0.4, 0.5) is 10.5 Å². The summed E-state index contributed by atoms with van der Waals surface area (Å²) in [6, 6.07) is 16.0. The maximum Gasteiger partial charge on any atom is 0.325 e. The zero-order chi connectivity index (χ0) is 20.3. The zero-order valence-corrected chi connectivity index (χ0v) is 17.9. The molecule has 0 radical (unpaired) electrons. The normalized spacial score (nSPS) is 19.1. The molecule has 146 valence electrons. The highest BCUT2D eigenvalue weighted by Crippen LogP contribution is 2.35.